The van der Waals surface area contributed by atoms with Gasteiger partial charge in [-0.25, -0.2) is 13.4 Å². The van der Waals surface area contributed by atoms with E-state index in [9.17, 15) is 8.42 Å². The van der Waals surface area contributed by atoms with E-state index in [1.54, 1.807) is 24.5 Å². The summed E-state index contributed by atoms with van der Waals surface area (Å²) in [5.41, 5.74) is -0.346. The van der Waals surface area contributed by atoms with Crippen LogP contribution in [-0.2, 0) is 14.8 Å². The van der Waals surface area contributed by atoms with Gasteiger partial charge in [0.15, 0.2) is 0 Å². The lowest BCUT2D eigenvalue weighted by Gasteiger charge is -2.49. The molecule has 2 aliphatic heterocycles. The second-order valence-corrected chi connectivity index (χ2v) is 8.73. The van der Waals surface area contributed by atoms with Gasteiger partial charge >= 0.3 is 0 Å². The predicted molar refractivity (Wildman–Crippen MR) is 97.1 cm³/mol. The molecular formula is C18H22N4O3S. The Bertz CT molecular complexity index is 839. The molecule has 26 heavy (non-hydrogen) atoms. The number of aromatic nitrogens is 2. The maximum atomic E-state index is 12.7. The zero-order chi connectivity index (χ0) is 18.0. The first kappa shape index (κ1) is 17.4. The van der Waals surface area contributed by atoms with E-state index in [0.717, 1.165) is 25.2 Å². The van der Waals surface area contributed by atoms with Gasteiger partial charge in [-0.05, 0) is 43.0 Å². The zero-order valence-electron chi connectivity index (χ0n) is 14.4. The maximum absolute atomic E-state index is 12.7. The summed E-state index contributed by atoms with van der Waals surface area (Å²) in [6, 6.07) is 8.99. The van der Waals surface area contributed by atoms with Crippen molar-refractivity contribution in [2.24, 2.45) is 5.92 Å². The Kier molecular flexibility index (Phi) is 4.64. The van der Waals surface area contributed by atoms with E-state index < -0.39 is 10.0 Å². The molecule has 1 spiro atoms. The zero-order valence-corrected chi connectivity index (χ0v) is 15.2. The minimum absolute atomic E-state index is 0.237. The molecule has 2 fully saturated rings. The van der Waals surface area contributed by atoms with Crippen molar-refractivity contribution < 1.29 is 13.2 Å². The van der Waals surface area contributed by atoms with Gasteiger partial charge in [-0.15, -0.1) is 0 Å². The van der Waals surface area contributed by atoms with Gasteiger partial charge in [0, 0.05) is 44.8 Å². The molecule has 2 aromatic rings. The molecule has 1 atom stereocenters. The third kappa shape index (κ3) is 3.20. The summed E-state index contributed by atoms with van der Waals surface area (Å²) in [6.07, 6.45) is 6.61. The van der Waals surface area contributed by atoms with Gasteiger partial charge in [0.1, 0.15) is 10.7 Å². The average Bonchev–Trinajstić information content (AvgIpc) is 3.06. The minimum atomic E-state index is -3.49. The lowest BCUT2D eigenvalue weighted by molar-refractivity contribution is -0.102. The van der Waals surface area contributed by atoms with Crippen molar-refractivity contribution in [1.29, 1.82) is 0 Å². The summed E-state index contributed by atoms with van der Waals surface area (Å²) >= 11 is 0. The standard InChI is InChI=1S/C18H22N4O3S/c23-26(24,16-4-3-8-19-12-16)22-13-18(14-22)15(7-11-25-18)6-10-21-17-5-1-2-9-20-17/h1-5,8-9,12,15H,6-7,10-11,13-14H2,(H,20,21)/t15-/m1/s1. The fraction of sp³-hybridized carbons (Fsp3) is 0.444. The maximum Gasteiger partial charge on any atom is 0.244 e. The number of pyridine rings is 2. The van der Waals surface area contributed by atoms with E-state index in [-0.39, 0.29) is 10.5 Å². The first-order valence-electron chi connectivity index (χ1n) is 8.79. The van der Waals surface area contributed by atoms with Crippen molar-refractivity contribution in [3.05, 3.63) is 48.9 Å². The van der Waals surface area contributed by atoms with Crippen LogP contribution in [0.15, 0.2) is 53.8 Å². The lowest BCUT2D eigenvalue weighted by atomic mass is 9.80. The summed E-state index contributed by atoms with van der Waals surface area (Å²) in [7, 11) is -3.49. The van der Waals surface area contributed by atoms with E-state index >= 15 is 0 Å². The monoisotopic (exact) mass is 374 g/mol. The highest BCUT2D eigenvalue weighted by molar-refractivity contribution is 7.89. The highest BCUT2D eigenvalue weighted by Crippen LogP contribution is 2.43. The first-order chi connectivity index (χ1) is 12.6. The quantitative estimate of drug-likeness (QED) is 0.829. The van der Waals surface area contributed by atoms with Crippen molar-refractivity contribution >= 4 is 15.8 Å². The number of sulfonamides is 1. The van der Waals surface area contributed by atoms with Crippen LogP contribution in [0, 0.1) is 5.92 Å². The van der Waals surface area contributed by atoms with E-state index in [0.29, 0.717) is 25.6 Å². The largest absolute Gasteiger partial charge is 0.372 e. The van der Waals surface area contributed by atoms with E-state index in [2.05, 4.69) is 15.3 Å². The van der Waals surface area contributed by atoms with Gasteiger partial charge in [-0.1, -0.05) is 6.07 Å². The normalized spacial score (nSPS) is 22.2. The van der Waals surface area contributed by atoms with Crippen LogP contribution in [0.5, 0.6) is 0 Å². The average molecular weight is 374 g/mol. The van der Waals surface area contributed by atoms with Crippen LogP contribution in [0.2, 0.25) is 0 Å². The Labute approximate surface area is 153 Å². The Morgan fingerprint density at radius 1 is 1.23 bits per heavy atom. The fourth-order valence-corrected chi connectivity index (χ4v) is 5.27. The molecule has 0 saturated carbocycles. The van der Waals surface area contributed by atoms with Crippen LogP contribution in [0.3, 0.4) is 0 Å². The molecule has 0 aromatic carbocycles. The molecule has 138 valence electrons. The van der Waals surface area contributed by atoms with Crippen LogP contribution in [0.25, 0.3) is 0 Å². The molecule has 0 radical (unpaired) electrons. The van der Waals surface area contributed by atoms with Gasteiger partial charge in [0.2, 0.25) is 10.0 Å². The lowest BCUT2D eigenvalue weighted by Crippen LogP contribution is -2.66. The molecule has 2 saturated heterocycles. The van der Waals surface area contributed by atoms with Crippen LogP contribution in [-0.4, -0.2) is 54.5 Å². The Hall–Kier alpha value is -2.03. The third-order valence-corrected chi connectivity index (χ3v) is 7.00. The number of nitrogens with one attached hydrogen (secondary N) is 1. The van der Waals surface area contributed by atoms with Gasteiger partial charge in [-0.3, -0.25) is 4.98 Å². The number of hydrogen-bond donors (Lipinski definition) is 1. The molecule has 8 heteroatoms. The van der Waals surface area contributed by atoms with E-state index in [1.165, 1.54) is 10.5 Å². The second-order valence-electron chi connectivity index (χ2n) is 6.79. The number of ether oxygens (including phenoxy) is 1. The Balaban J connectivity index is 1.36. The van der Waals surface area contributed by atoms with Crippen LogP contribution < -0.4 is 5.32 Å². The minimum Gasteiger partial charge on any atom is -0.372 e. The molecule has 4 heterocycles. The number of anilines is 1. The Morgan fingerprint density at radius 2 is 2.12 bits per heavy atom. The second kappa shape index (κ2) is 6.94. The van der Waals surface area contributed by atoms with Crippen LogP contribution in [0.1, 0.15) is 12.8 Å². The van der Waals surface area contributed by atoms with Crippen molar-refractivity contribution in [2.75, 3.05) is 31.6 Å². The molecule has 2 aromatic heterocycles. The van der Waals surface area contributed by atoms with Crippen molar-refractivity contribution in [2.45, 2.75) is 23.3 Å². The summed E-state index contributed by atoms with van der Waals surface area (Å²) in [5, 5.41) is 3.32. The highest BCUT2D eigenvalue weighted by atomic mass is 32.2. The predicted octanol–water partition coefficient (Wildman–Crippen LogP) is 1.76. The molecule has 0 unspecified atom stereocenters. The Morgan fingerprint density at radius 3 is 2.85 bits per heavy atom. The van der Waals surface area contributed by atoms with Crippen LogP contribution >= 0.6 is 0 Å². The topological polar surface area (TPSA) is 84.4 Å². The molecule has 0 amide bonds. The van der Waals surface area contributed by atoms with Gasteiger partial charge in [-0.2, -0.15) is 4.31 Å². The molecule has 0 aliphatic carbocycles. The first-order valence-corrected chi connectivity index (χ1v) is 10.2. The smallest absolute Gasteiger partial charge is 0.244 e. The summed E-state index contributed by atoms with van der Waals surface area (Å²) < 4.78 is 32.8. The van der Waals surface area contributed by atoms with E-state index in [4.69, 9.17) is 4.74 Å². The van der Waals surface area contributed by atoms with E-state index in [1.807, 2.05) is 18.2 Å². The molecule has 0 bridgehead atoms. The number of hydrogen-bond acceptors (Lipinski definition) is 6. The van der Waals surface area contributed by atoms with Crippen molar-refractivity contribution in [3.63, 3.8) is 0 Å². The third-order valence-electron chi connectivity index (χ3n) is 5.22. The van der Waals surface area contributed by atoms with Crippen molar-refractivity contribution in [1.82, 2.24) is 14.3 Å². The summed E-state index contributed by atoms with van der Waals surface area (Å²) in [5.74, 6) is 1.20. The fourth-order valence-electron chi connectivity index (χ4n) is 3.75. The van der Waals surface area contributed by atoms with Gasteiger partial charge in [0.25, 0.3) is 0 Å². The van der Waals surface area contributed by atoms with Crippen molar-refractivity contribution in [3.8, 4) is 0 Å². The molecular weight excluding hydrogens is 352 g/mol. The number of rotatable bonds is 6. The molecule has 4 rings (SSSR count). The van der Waals surface area contributed by atoms with Gasteiger partial charge < -0.3 is 10.1 Å². The number of nitrogens with zero attached hydrogens (tertiary/aromatic N) is 3. The molecule has 7 nitrogen and oxygen atoms in total. The SMILES string of the molecule is O=S(=O)(c1cccnc1)N1CC2(C1)OCC[C@H]2CCNc1ccccn1. The van der Waals surface area contributed by atoms with Crippen LogP contribution in [0.4, 0.5) is 5.82 Å². The highest BCUT2D eigenvalue weighted by Gasteiger charge is 2.56. The summed E-state index contributed by atoms with van der Waals surface area (Å²) in [6.45, 7) is 2.31. The summed E-state index contributed by atoms with van der Waals surface area (Å²) in [4.78, 5) is 8.41. The molecule has 1 N–H and O–H groups in total. The van der Waals surface area contributed by atoms with Gasteiger partial charge in [0.05, 0.1) is 5.60 Å². The molecule has 2 aliphatic rings.